The van der Waals surface area contributed by atoms with Crippen LogP contribution in [0.3, 0.4) is 0 Å². The van der Waals surface area contributed by atoms with Gasteiger partial charge in [0.2, 0.25) is 0 Å². The molecule has 0 spiro atoms. The van der Waals surface area contributed by atoms with Crippen molar-refractivity contribution in [2.75, 3.05) is 16.5 Å². The van der Waals surface area contributed by atoms with E-state index in [1.165, 1.54) is 4.90 Å². The van der Waals surface area contributed by atoms with E-state index in [9.17, 15) is 14.7 Å². The van der Waals surface area contributed by atoms with Gasteiger partial charge in [0.15, 0.2) is 6.73 Å². The Labute approximate surface area is 120 Å². The van der Waals surface area contributed by atoms with Crippen molar-refractivity contribution in [1.82, 2.24) is 0 Å². The number of ether oxygens (including phenoxy) is 1. The topological polar surface area (TPSA) is 70.1 Å². The Morgan fingerprint density at radius 2 is 1.71 bits per heavy atom. The zero-order valence-corrected chi connectivity index (χ0v) is 11.0. The van der Waals surface area contributed by atoms with Crippen molar-refractivity contribution < 1.29 is 19.4 Å². The van der Waals surface area contributed by atoms with E-state index in [1.54, 1.807) is 54.6 Å². The number of carboxylic acid groups (broad SMARTS) is 1. The molecule has 2 aromatic carbocycles. The first kappa shape index (κ1) is 13.0. The first-order valence-corrected chi connectivity index (χ1v) is 6.30. The molecule has 0 bridgehead atoms. The third kappa shape index (κ3) is 2.27. The molecule has 0 saturated heterocycles. The number of amides is 3. The molecule has 3 amide bonds. The Morgan fingerprint density at radius 1 is 1.05 bits per heavy atom. The number of benzene rings is 2. The normalized spacial score (nSPS) is 12.5. The lowest BCUT2D eigenvalue weighted by Crippen LogP contribution is -2.46. The summed E-state index contributed by atoms with van der Waals surface area (Å²) < 4.78 is 5.38. The summed E-state index contributed by atoms with van der Waals surface area (Å²) in [7, 11) is 0. The smallest absolute Gasteiger partial charge is 0.420 e. The third-order valence-electron chi connectivity index (χ3n) is 3.13. The Bertz CT molecular complexity index is 687. The maximum Gasteiger partial charge on any atom is 0.420 e. The number of hydrogen-bond acceptors (Lipinski definition) is 3. The minimum Gasteiger partial charge on any atom is -0.470 e. The first-order valence-electron chi connectivity index (χ1n) is 6.30. The van der Waals surface area contributed by atoms with Crippen molar-refractivity contribution in [3.63, 3.8) is 0 Å². The van der Waals surface area contributed by atoms with Gasteiger partial charge in [0.05, 0.1) is 11.4 Å². The van der Waals surface area contributed by atoms with Crippen LogP contribution < -0.4 is 14.5 Å². The van der Waals surface area contributed by atoms with Gasteiger partial charge in [-0.3, -0.25) is 4.90 Å². The summed E-state index contributed by atoms with van der Waals surface area (Å²) in [4.78, 5) is 26.0. The van der Waals surface area contributed by atoms with Crippen LogP contribution in [0.1, 0.15) is 0 Å². The Kier molecular flexibility index (Phi) is 3.19. The van der Waals surface area contributed by atoms with Crippen molar-refractivity contribution in [3.05, 3.63) is 54.6 Å². The van der Waals surface area contributed by atoms with Crippen LogP contribution in [0.15, 0.2) is 54.6 Å². The number of fused-ring (bicyclic) bond motifs is 1. The molecule has 0 unspecified atom stereocenters. The van der Waals surface area contributed by atoms with Crippen LogP contribution >= 0.6 is 0 Å². The monoisotopic (exact) mass is 284 g/mol. The number of rotatable bonds is 1. The molecule has 0 radical (unpaired) electrons. The van der Waals surface area contributed by atoms with E-state index in [4.69, 9.17) is 4.74 Å². The maximum atomic E-state index is 12.5. The SMILES string of the molecule is O=C(O)N(C(=O)N1COc2ccccc21)c1ccccc1. The molecule has 106 valence electrons. The highest BCUT2D eigenvalue weighted by molar-refractivity contribution is 6.17. The van der Waals surface area contributed by atoms with Gasteiger partial charge in [0, 0.05) is 0 Å². The molecular formula is C15H12N2O4. The van der Waals surface area contributed by atoms with E-state index in [0.29, 0.717) is 22.0 Å². The lowest BCUT2D eigenvalue weighted by molar-refractivity contribution is 0.200. The summed E-state index contributed by atoms with van der Waals surface area (Å²) in [6.45, 7) is -0.00517. The summed E-state index contributed by atoms with van der Waals surface area (Å²) in [5, 5.41) is 9.34. The second-order valence-corrected chi connectivity index (χ2v) is 4.41. The molecule has 3 rings (SSSR count). The highest BCUT2D eigenvalue weighted by atomic mass is 16.5. The molecule has 0 atom stereocenters. The Balaban J connectivity index is 1.95. The number of anilines is 2. The number of carbonyl (C=O) groups is 2. The lowest BCUT2D eigenvalue weighted by atomic mass is 10.3. The number of imide groups is 1. The van der Waals surface area contributed by atoms with Crippen LogP contribution in [-0.4, -0.2) is 24.0 Å². The van der Waals surface area contributed by atoms with E-state index in [1.807, 2.05) is 0 Å². The van der Waals surface area contributed by atoms with E-state index in [2.05, 4.69) is 0 Å². The van der Waals surface area contributed by atoms with Crippen molar-refractivity contribution in [1.29, 1.82) is 0 Å². The molecule has 0 aromatic heterocycles. The van der Waals surface area contributed by atoms with Gasteiger partial charge in [0.25, 0.3) is 0 Å². The van der Waals surface area contributed by atoms with Gasteiger partial charge in [0.1, 0.15) is 5.75 Å². The summed E-state index contributed by atoms with van der Waals surface area (Å²) >= 11 is 0. The van der Waals surface area contributed by atoms with Crippen molar-refractivity contribution >= 4 is 23.5 Å². The molecule has 21 heavy (non-hydrogen) atoms. The molecule has 1 aliphatic rings. The number of para-hydroxylation sites is 3. The molecule has 0 saturated carbocycles. The maximum absolute atomic E-state index is 12.5. The van der Waals surface area contributed by atoms with E-state index in [0.717, 1.165) is 0 Å². The average Bonchev–Trinajstić information content (AvgIpc) is 2.92. The van der Waals surface area contributed by atoms with Crippen LogP contribution in [0.2, 0.25) is 0 Å². The summed E-state index contributed by atoms with van der Waals surface area (Å²) in [5.41, 5.74) is 0.851. The average molecular weight is 284 g/mol. The second kappa shape index (κ2) is 5.16. The summed E-state index contributed by atoms with van der Waals surface area (Å²) in [6.07, 6.45) is -1.34. The van der Waals surface area contributed by atoms with Crippen molar-refractivity contribution in [2.24, 2.45) is 0 Å². The van der Waals surface area contributed by atoms with Gasteiger partial charge in [-0.15, -0.1) is 0 Å². The highest BCUT2D eigenvalue weighted by Gasteiger charge is 2.33. The minimum atomic E-state index is -1.34. The fourth-order valence-electron chi connectivity index (χ4n) is 2.16. The standard InChI is InChI=1S/C15H12N2O4/c18-14(16-10-21-13-9-5-4-8-12(13)16)17(15(19)20)11-6-2-1-3-7-11/h1-9H,10H2,(H,19,20). The first-order chi connectivity index (χ1) is 10.2. The number of carbonyl (C=O) groups excluding carboxylic acids is 1. The van der Waals surface area contributed by atoms with Crippen LogP contribution in [-0.2, 0) is 0 Å². The number of urea groups is 1. The van der Waals surface area contributed by atoms with Gasteiger partial charge >= 0.3 is 12.1 Å². The number of hydrogen-bond donors (Lipinski definition) is 1. The zero-order chi connectivity index (χ0) is 14.8. The van der Waals surface area contributed by atoms with Crippen molar-refractivity contribution in [3.8, 4) is 5.75 Å². The second-order valence-electron chi connectivity index (χ2n) is 4.41. The quantitative estimate of drug-likeness (QED) is 0.873. The van der Waals surface area contributed by atoms with Crippen LogP contribution in [0, 0.1) is 0 Å². The van der Waals surface area contributed by atoms with E-state index >= 15 is 0 Å². The molecule has 0 fully saturated rings. The van der Waals surface area contributed by atoms with Crippen LogP contribution in [0.25, 0.3) is 0 Å². The third-order valence-corrected chi connectivity index (χ3v) is 3.13. The molecule has 2 aromatic rings. The Morgan fingerprint density at radius 3 is 2.43 bits per heavy atom. The summed E-state index contributed by atoms with van der Waals surface area (Å²) in [6, 6.07) is 14.6. The largest absolute Gasteiger partial charge is 0.470 e. The van der Waals surface area contributed by atoms with Crippen LogP contribution in [0.5, 0.6) is 5.75 Å². The molecule has 6 nitrogen and oxygen atoms in total. The fourth-order valence-corrected chi connectivity index (χ4v) is 2.16. The van der Waals surface area contributed by atoms with Gasteiger partial charge in [-0.25, -0.2) is 9.59 Å². The van der Waals surface area contributed by atoms with E-state index in [-0.39, 0.29) is 6.73 Å². The van der Waals surface area contributed by atoms with Gasteiger partial charge in [-0.2, -0.15) is 4.90 Å². The molecule has 1 aliphatic heterocycles. The molecule has 6 heteroatoms. The van der Waals surface area contributed by atoms with Crippen LogP contribution in [0.4, 0.5) is 21.0 Å². The van der Waals surface area contributed by atoms with Gasteiger partial charge < -0.3 is 9.84 Å². The molecule has 1 heterocycles. The van der Waals surface area contributed by atoms with Gasteiger partial charge in [-0.1, -0.05) is 30.3 Å². The molecule has 1 N–H and O–H groups in total. The molecular weight excluding hydrogens is 272 g/mol. The van der Waals surface area contributed by atoms with Gasteiger partial charge in [-0.05, 0) is 24.3 Å². The predicted octanol–water partition coefficient (Wildman–Crippen LogP) is 3.15. The van der Waals surface area contributed by atoms with Crippen molar-refractivity contribution in [2.45, 2.75) is 0 Å². The molecule has 0 aliphatic carbocycles. The minimum absolute atomic E-state index is 0.00517. The predicted molar refractivity (Wildman–Crippen MR) is 76.8 cm³/mol. The fraction of sp³-hybridized carbons (Fsp3) is 0.0667. The summed E-state index contributed by atoms with van der Waals surface area (Å²) in [5.74, 6) is 0.559. The van der Waals surface area contributed by atoms with E-state index < -0.39 is 12.1 Å². The lowest BCUT2D eigenvalue weighted by Gasteiger charge is -2.23. The Hall–Kier alpha value is -3.02. The number of nitrogens with zero attached hydrogens (tertiary/aromatic N) is 2. The highest BCUT2D eigenvalue weighted by Crippen LogP contribution is 2.34. The zero-order valence-electron chi connectivity index (χ0n) is 11.0.